The van der Waals surface area contributed by atoms with E-state index in [1.54, 1.807) is 30.3 Å². The highest BCUT2D eigenvalue weighted by Gasteiger charge is 2.22. The molecule has 0 aromatic heterocycles. The molecule has 2 rings (SSSR count). The van der Waals surface area contributed by atoms with E-state index in [-0.39, 0.29) is 35.2 Å². The van der Waals surface area contributed by atoms with Gasteiger partial charge < -0.3 is 26.8 Å². The molecule has 2 atom stereocenters. The Morgan fingerprint density at radius 2 is 2.03 bits per heavy atom. The van der Waals surface area contributed by atoms with Crippen LogP contribution in [0.4, 0.5) is 10.1 Å². The number of nitrogen functional groups attached to an aromatic ring is 1. The van der Waals surface area contributed by atoms with Crippen LogP contribution >= 0.6 is 11.6 Å². The fraction of sp³-hybridized carbons (Fsp3) is 0.409. The Morgan fingerprint density at radius 1 is 1.30 bits per heavy atom. The highest BCUT2D eigenvalue weighted by molar-refractivity contribution is 6.32. The summed E-state index contributed by atoms with van der Waals surface area (Å²) in [7, 11) is 0. The van der Waals surface area contributed by atoms with Crippen molar-refractivity contribution in [2.75, 3.05) is 18.8 Å². The molecule has 0 heterocycles. The Bertz CT molecular complexity index is 878. The monoisotopic (exact) mass is 436 g/mol. The molecule has 2 aromatic rings. The van der Waals surface area contributed by atoms with Crippen molar-refractivity contribution in [2.24, 2.45) is 5.73 Å². The maximum absolute atomic E-state index is 15.3. The van der Waals surface area contributed by atoms with Gasteiger partial charge >= 0.3 is 0 Å². The normalized spacial score (nSPS) is 13.0. The van der Waals surface area contributed by atoms with Crippen LogP contribution in [0.25, 0.3) is 0 Å². The number of amides is 1. The topological polar surface area (TPSA) is 102 Å². The number of rotatable bonds is 10. The van der Waals surface area contributed by atoms with Gasteiger partial charge in [-0.1, -0.05) is 24.6 Å². The average Bonchev–Trinajstić information content (AvgIpc) is 2.70. The largest absolute Gasteiger partial charge is 0.453 e. The number of ether oxygens (including phenoxy) is 1. The van der Waals surface area contributed by atoms with E-state index in [2.05, 4.69) is 10.6 Å². The van der Waals surface area contributed by atoms with Gasteiger partial charge in [0, 0.05) is 42.8 Å². The van der Waals surface area contributed by atoms with Crippen molar-refractivity contribution in [3.8, 4) is 11.5 Å². The van der Waals surface area contributed by atoms with E-state index >= 15 is 4.39 Å². The summed E-state index contributed by atoms with van der Waals surface area (Å²) in [6, 6.07) is 7.89. The summed E-state index contributed by atoms with van der Waals surface area (Å²) in [5.74, 6) is -0.219. The summed E-state index contributed by atoms with van der Waals surface area (Å²) in [5.41, 5.74) is 13.1. The first-order valence-corrected chi connectivity index (χ1v) is 10.4. The number of halogens is 2. The second-order valence-corrected chi connectivity index (χ2v) is 7.68. The van der Waals surface area contributed by atoms with Gasteiger partial charge in [0.1, 0.15) is 5.75 Å². The molecule has 0 fully saturated rings. The Labute approximate surface area is 182 Å². The molecule has 0 bridgehead atoms. The zero-order valence-electron chi connectivity index (χ0n) is 17.6. The molecule has 2 aromatic carbocycles. The molecular weight excluding hydrogens is 407 g/mol. The lowest BCUT2D eigenvalue weighted by Gasteiger charge is -2.24. The SMILES string of the molecule is CC[C@@H](NC(C)CC(=O)NCCN)c1ccc(Cl)c(Oc2ccc(N)c(C)c2)c1F. The van der Waals surface area contributed by atoms with Gasteiger partial charge in [-0.3, -0.25) is 4.79 Å². The van der Waals surface area contributed by atoms with Gasteiger partial charge in [-0.2, -0.15) is 0 Å². The molecule has 1 unspecified atom stereocenters. The number of benzene rings is 2. The van der Waals surface area contributed by atoms with E-state index < -0.39 is 5.82 Å². The highest BCUT2D eigenvalue weighted by atomic mass is 35.5. The molecule has 0 saturated carbocycles. The van der Waals surface area contributed by atoms with Crippen molar-refractivity contribution in [3.63, 3.8) is 0 Å². The molecule has 8 heteroatoms. The first-order chi connectivity index (χ1) is 14.3. The maximum Gasteiger partial charge on any atom is 0.221 e. The highest BCUT2D eigenvalue weighted by Crippen LogP contribution is 2.37. The molecule has 6 nitrogen and oxygen atoms in total. The zero-order chi connectivity index (χ0) is 22.3. The van der Waals surface area contributed by atoms with Crippen molar-refractivity contribution in [3.05, 3.63) is 52.3 Å². The molecule has 6 N–H and O–H groups in total. The molecule has 0 aliphatic rings. The molecule has 0 aliphatic heterocycles. The number of anilines is 1. The second kappa shape index (κ2) is 11.2. The minimum atomic E-state index is -0.531. The van der Waals surface area contributed by atoms with Crippen molar-refractivity contribution < 1.29 is 13.9 Å². The summed E-state index contributed by atoms with van der Waals surface area (Å²) in [6.45, 7) is 6.49. The Kier molecular flexibility index (Phi) is 8.89. The van der Waals surface area contributed by atoms with Gasteiger partial charge in [0.2, 0.25) is 5.91 Å². The summed E-state index contributed by atoms with van der Waals surface area (Å²) in [6.07, 6.45) is 0.882. The van der Waals surface area contributed by atoms with Crippen molar-refractivity contribution in [1.82, 2.24) is 10.6 Å². The Hall–Kier alpha value is -2.35. The lowest BCUT2D eigenvalue weighted by atomic mass is 10.0. The van der Waals surface area contributed by atoms with Gasteiger partial charge in [-0.05, 0) is 50.1 Å². The molecule has 0 aliphatic carbocycles. The summed E-state index contributed by atoms with van der Waals surface area (Å²) >= 11 is 6.22. The fourth-order valence-corrected chi connectivity index (χ4v) is 3.32. The predicted octanol–water partition coefficient (Wildman–Crippen LogP) is 4.06. The first kappa shape index (κ1) is 23.9. The fourth-order valence-electron chi connectivity index (χ4n) is 3.13. The summed E-state index contributed by atoms with van der Waals surface area (Å²) in [5, 5.41) is 6.22. The van der Waals surface area contributed by atoms with Crippen LogP contribution in [0.5, 0.6) is 11.5 Å². The number of nitrogens with one attached hydrogen (secondary N) is 2. The second-order valence-electron chi connectivity index (χ2n) is 7.27. The van der Waals surface area contributed by atoms with Crippen molar-refractivity contribution >= 4 is 23.2 Å². The number of nitrogens with two attached hydrogens (primary N) is 2. The van der Waals surface area contributed by atoms with Crippen LogP contribution in [0.2, 0.25) is 5.02 Å². The third-order valence-electron chi connectivity index (χ3n) is 4.77. The number of carbonyl (C=O) groups excluding carboxylic acids is 1. The molecule has 1 amide bonds. The maximum atomic E-state index is 15.3. The number of hydrogen-bond acceptors (Lipinski definition) is 5. The molecule has 164 valence electrons. The van der Waals surface area contributed by atoms with Crippen LogP contribution in [0.15, 0.2) is 30.3 Å². The molecule has 0 spiro atoms. The third-order valence-corrected chi connectivity index (χ3v) is 5.07. The van der Waals surface area contributed by atoms with E-state index in [0.717, 1.165) is 5.56 Å². The minimum absolute atomic E-state index is 0.0352. The van der Waals surface area contributed by atoms with Crippen LogP contribution in [0.1, 0.15) is 43.9 Å². The van der Waals surface area contributed by atoms with E-state index in [9.17, 15) is 4.79 Å². The van der Waals surface area contributed by atoms with Crippen LogP contribution in [0, 0.1) is 12.7 Å². The number of aryl methyl sites for hydroxylation is 1. The Morgan fingerprint density at radius 3 is 2.67 bits per heavy atom. The van der Waals surface area contributed by atoms with E-state index in [1.807, 2.05) is 20.8 Å². The van der Waals surface area contributed by atoms with Gasteiger partial charge in [0.05, 0.1) is 5.02 Å². The quantitative estimate of drug-likeness (QED) is 0.421. The Balaban J connectivity index is 2.20. The van der Waals surface area contributed by atoms with E-state index in [4.69, 9.17) is 27.8 Å². The van der Waals surface area contributed by atoms with Crippen molar-refractivity contribution in [2.45, 2.75) is 45.7 Å². The van der Waals surface area contributed by atoms with Gasteiger partial charge in [-0.25, -0.2) is 4.39 Å². The van der Waals surface area contributed by atoms with Gasteiger partial charge in [-0.15, -0.1) is 0 Å². The lowest BCUT2D eigenvalue weighted by Crippen LogP contribution is -2.37. The first-order valence-electron chi connectivity index (χ1n) is 10.0. The minimum Gasteiger partial charge on any atom is -0.453 e. The van der Waals surface area contributed by atoms with Crippen LogP contribution < -0.4 is 26.8 Å². The van der Waals surface area contributed by atoms with Crippen molar-refractivity contribution in [1.29, 1.82) is 0 Å². The van der Waals surface area contributed by atoms with Crippen LogP contribution in [-0.4, -0.2) is 25.0 Å². The third kappa shape index (κ3) is 6.32. The standard InChI is InChI=1S/C22H30ClFN4O2/c1-4-19(28-14(3)12-20(29)27-10-9-25)16-6-7-17(23)22(21(16)24)30-15-5-8-18(26)13(2)11-15/h5-8,11,14,19,28H,4,9-10,12,25-26H2,1-3H3,(H,27,29)/t14?,19-/m1/s1. The summed E-state index contributed by atoms with van der Waals surface area (Å²) < 4.78 is 21.1. The predicted molar refractivity (Wildman–Crippen MR) is 119 cm³/mol. The lowest BCUT2D eigenvalue weighted by molar-refractivity contribution is -0.121. The summed E-state index contributed by atoms with van der Waals surface area (Å²) in [4.78, 5) is 11.9. The number of carbonyl (C=O) groups is 1. The molecule has 0 radical (unpaired) electrons. The molecular formula is C22H30ClFN4O2. The average molecular weight is 437 g/mol. The number of hydrogen-bond donors (Lipinski definition) is 4. The van der Waals surface area contributed by atoms with E-state index in [0.29, 0.717) is 36.5 Å². The van der Waals surface area contributed by atoms with Gasteiger partial charge in [0.25, 0.3) is 0 Å². The smallest absolute Gasteiger partial charge is 0.221 e. The zero-order valence-corrected chi connectivity index (χ0v) is 18.4. The van der Waals surface area contributed by atoms with Crippen LogP contribution in [0.3, 0.4) is 0 Å². The molecule has 30 heavy (non-hydrogen) atoms. The van der Waals surface area contributed by atoms with Gasteiger partial charge in [0.15, 0.2) is 11.6 Å². The van der Waals surface area contributed by atoms with Crippen LogP contribution in [-0.2, 0) is 4.79 Å². The van der Waals surface area contributed by atoms with E-state index in [1.165, 1.54) is 0 Å². The molecule has 0 saturated heterocycles.